The second-order valence-corrected chi connectivity index (χ2v) is 5.62. The van der Waals surface area contributed by atoms with Gasteiger partial charge in [0.15, 0.2) is 5.11 Å². The van der Waals surface area contributed by atoms with Gasteiger partial charge in [-0.1, -0.05) is 34.8 Å². The normalized spacial score (nSPS) is 10.2. The maximum atomic E-state index is 9.69. The van der Waals surface area contributed by atoms with Crippen molar-refractivity contribution in [2.45, 2.75) is 0 Å². The van der Waals surface area contributed by atoms with Crippen molar-refractivity contribution in [2.24, 2.45) is 0 Å². The Hall–Kier alpha value is -1.20. The van der Waals surface area contributed by atoms with Crippen molar-refractivity contribution in [3.8, 4) is 5.75 Å². The van der Waals surface area contributed by atoms with E-state index in [-0.39, 0.29) is 10.9 Å². The summed E-state index contributed by atoms with van der Waals surface area (Å²) >= 11 is 22.8. The van der Waals surface area contributed by atoms with Gasteiger partial charge in [-0.25, -0.2) is 0 Å². The number of hydrogen-bond donors (Lipinski definition) is 3. The highest BCUT2D eigenvalue weighted by Crippen LogP contribution is 2.27. The van der Waals surface area contributed by atoms with E-state index < -0.39 is 0 Å². The maximum absolute atomic E-state index is 9.69. The molecular formula is C13H9Cl3N2OS. The molecule has 0 radical (unpaired) electrons. The number of benzene rings is 2. The number of thiocarbonyl (C=S) groups is 1. The van der Waals surface area contributed by atoms with Gasteiger partial charge in [-0.2, -0.15) is 0 Å². The second-order valence-electron chi connectivity index (χ2n) is 3.90. The summed E-state index contributed by atoms with van der Waals surface area (Å²) < 4.78 is 0. The predicted molar refractivity (Wildman–Crippen MR) is 89.4 cm³/mol. The van der Waals surface area contributed by atoms with E-state index in [0.717, 1.165) is 0 Å². The number of phenols is 1. The lowest BCUT2D eigenvalue weighted by molar-refractivity contribution is 0.478. The smallest absolute Gasteiger partial charge is 0.175 e. The zero-order valence-electron chi connectivity index (χ0n) is 9.95. The quantitative estimate of drug-likeness (QED) is 0.518. The first-order valence-electron chi connectivity index (χ1n) is 5.46. The van der Waals surface area contributed by atoms with Gasteiger partial charge in [-0.15, -0.1) is 0 Å². The van der Waals surface area contributed by atoms with Crippen LogP contribution in [0.2, 0.25) is 15.1 Å². The molecule has 0 bridgehead atoms. The highest BCUT2D eigenvalue weighted by molar-refractivity contribution is 7.80. The van der Waals surface area contributed by atoms with Crippen molar-refractivity contribution < 1.29 is 5.11 Å². The van der Waals surface area contributed by atoms with Crippen molar-refractivity contribution in [1.82, 2.24) is 0 Å². The molecule has 0 atom stereocenters. The van der Waals surface area contributed by atoms with Gasteiger partial charge < -0.3 is 15.7 Å². The SMILES string of the molecule is Oc1ccc(Cl)cc1NC(=S)Nc1cc(Cl)cc(Cl)c1. The maximum Gasteiger partial charge on any atom is 0.175 e. The van der Waals surface area contributed by atoms with Crippen molar-refractivity contribution in [2.75, 3.05) is 10.6 Å². The molecule has 0 fully saturated rings. The molecule has 2 rings (SSSR count). The largest absolute Gasteiger partial charge is 0.506 e. The van der Waals surface area contributed by atoms with Crippen LogP contribution in [0.4, 0.5) is 11.4 Å². The van der Waals surface area contributed by atoms with Crippen molar-refractivity contribution in [3.63, 3.8) is 0 Å². The van der Waals surface area contributed by atoms with Crippen LogP contribution >= 0.6 is 47.0 Å². The van der Waals surface area contributed by atoms with E-state index in [2.05, 4.69) is 10.6 Å². The molecule has 0 aliphatic heterocycles. The predicted octanol–water partition coefficient (Wildman–Crippen LogP) is 5.16. The van der Waals surface area contributed by atoms with Crippen LogP contribution in [0.3, 0.4) is 0 Å². The Bertz CT molecular complexity index is 644. The number of aromatic hydroxyl groups is 1. The number of anilines is 2. The van der Waals surface area contributed by atoms with Gasteiger partial charge in [0.1, 0.15) is 5.75 Å². The Kier molecular flexibility index (Phi) is 4.94. The Balaban J connectivity index is 2.11. The van der Waals surface area contributed by atoms with Crippen molar-refractivity contribution >= 4 is 63.5 Å². The Morgan fingerprint density at radius 3 is 2.20 bits per heavy atom. The van der Waals surface area contributed by atoms with Gasteiger partial charge in [0.25, 0.3) is 0 Å². The molecule has 3 N–H and O–H groups in total. The van der Waals surface area contributed by atoms with Gasteiger partial charge in [0.05, 0.1) is 5.69 Å². The minimum absolute atomic E-state index is 0.0441. The third-order valence-electron chi connectivity index (χ3n) is 2.33. The number of phenolic OH excluding ortho intramolecular Hbond substituents is 1. The van der Waals surface area contributed by atoms with Gasteiger partial charge in [-0.3, -0.25) is 0 Å². The third-order valence-corrected chi connectivity index (χ3v) is 3.20. The summed E-state index contributed by atoms with van der Waals surface area (Å²) in [4.78, 5) is 0. The van der Waals surface area contributed by atoms with Gasteiger partial charge in [0.2, 0.25) is 0 Å². The lowest BCUT2D eigenvalue weighted by Crippen LogP contribution is -2.19. The van der Waals surface area contributed by atoms with Crippen molar-refractivity contribution in [1.29, 1.82) is 0 Å². The molecule has 0 saturated carbocycles. The summed E-state index contributed by atoms with van der Waals surface area (Å²) in [7, 11) is 0. The molecule has 3 nitrogen and oxygen atoms in total. The first-order chi connectivity index (χ1) is 9.44. The van der Waals surface area contributed by atoms with Crippen LogP contribution < -0.4 is 10.6 Å². The molecular weight excluding hydrogens is 339 g/mol. The Morgan fingerprint density at radius 2 is 1.55 bits per heavy atom. The molecule has 0 amide bonds. The standard InChI is InChI=1S/C13H9Cl3N2OS/c14-7-1-2-12(19)11(6-7)18-13(20)17-10-4-8(15)3-9(16)5-10/h1-6,19H,(H2,17,18,20). The molecule has 2 aromatic rings. The highest BCUT2D eigenvalue weighted by atomic mass is 35.5. The highest BCUT2D eigenvalue weighted by Gasteiger charge is 2.05. The molecule has 0 heterocycles. The Labute approximate surface area is 136 Å². The van der Waals surface area contributed by atoms with E-state index in [1.807, 2.05) is 0 Å². The molecule has 2 aromatic carbocycles. The summed E-state index contributed by atoms with van der Waals surface area (Å²) in [6.45, 7) is 0. The molecule has 0 saturated heterocycles. The topological polar surface area (TPSA) is 44.3 Å². The van der Waals surface area contributed by atoms with E-state index in [1.165, 1.54) is 6.07 Å². The van der Waals surface area contributed by atoms with Gasteiger partial charge in [0, 0.05) is 20.8 Å². The molecule has 7 heteroatoms. The molecule has 0 unspecified atom stereocenters. The summed E-state index contributed by atoms with van der Waals surface area (Å²) in [6, 6.07) is 9.60. The minimum atomic E-state index is 0.0441. The monoisotopic (exact) mass is 346 g/mol. The van der Waals surface area contributed by atoms with E-state index in [4.69, 9.17) is 47.0 Å². The van der Waals surface area contributed by atoms with E-state index in [0.29, 0.717) is 26.4 Å². The van der Waals surface area contributed by atoms with Crippen LogP contribution in [0.25, 0.3) is 0 Å². The fraction of sp³-hybridized carbons (Fsp3) is 0. The molecule has 104 valence electrons. The average molecular weight is 348 g/mol. The number of nitrogens with one attached hydrogen (secondary N) is 2. The first kappa shape index (κ1) is 15.2. The zero-order valence-corrected chi connectivity index (χ0v) is 13.0. The van der Waals surface area contributed by atoms with Crippen LogP contribution in [0.1, 0.15) is 0 Å². The average Bonchev–Trinajstić information content (AvgIpc) is 2.32. The fourth-order valence-corrected chi connectivity index (χ4v) is 2.44. The number of halogens is 3. The lowest BCUT2D eigenvalue weighted by atomic mass is 10.3. The van der Waals surface area contributed by atoms with Gasteiger partial charge in [-0.05, 0) is 48.6 Å². The summed E-state index contributed by atoms with van der Waals surface area (Å²) in [5, 5.41) is 17.2. The third kappa shape index (κ3) is 4.15. The van der Waals surface area contributed by atoms with E-state index in [9.17, 15) is 5.11 Å². The minimum Gasteiger partial charge on any atom is -0.506 e. The van der Waals surface area contributed by atoms with E-state index >= 15 is 0 Å². The van der Waals surface area contributed by atoms with Crippen LogP contribution in [-0.2, 0) is 0 Å². The Morgan fingerprint density at radius 1 is 0.900 bits per heavy atom. The van der Waals surface area contributed by atoms with Crippen LogP contribution in [0.5, 0.6) is 5.75 Å². The molecule has 0 aliphatic carbocycles. The van der Waals surface area contributed by atoms with Crippen LogP contribution in [0, 0.1) is 0 Å². The van der Waals surface area contributed by atoms with Crippen LogP contribution in [0.15, 0.2) is 36.4 Å². The summed E-state index contributed by atoms with van der Waals surface area (Å²) in [6.07, 6.45) is 0. The number of hydrogen-bond acceptors (Lipinski definition) is 2. The van der Waals surface area contributed by atoms with E-state index in [1.54, 1.807) is 30.3 Å². The molecule has 0 spiro atoms. The zero-order chi connectivity index (χ0) is 14.7. The lowest BCUT2D eigenvalue weighted by Gasteiger charge is -2.12. The first-order valence-corrected chi connectivity index (χ1v) is 7.01. The molecule has 20 heavy (non-hydrogen) atoms. The second kappa shape index (κ2) is 6.50. The molecule has 0 aliphatic rings. The summed E-state index contributed by atoms with van der Waals surface area (Å²) in [5.74, 6) is 0.0441. The van der Waals surface area contributed by atoms with Gasteiger partial charge >= 0.3 is 0 Å². The van der Waals surface area contributed by atoms with Crippen molar-refractivity contribution in [3.05, 3.63) is 51.5 Å². The summed E-state index contributed by atoms with van der Waals surface area (Å²) in [5.41, 5.74) is 1.05. The fourth-order valence-electron chi connectivity index (χ4n) is 1.52. The molecule has 0 aromatic heterocycles. The number of rotatable bonds is 2. The van der Waals surface area contributed by atoms with Crippen LogP contribution in [-0.4, -0.2) is 10.2 Å².